The van der Waals surface area contributed by atoms with Crippen molar-refractivity contribution in [3.05, 3.63) is 122 Å². The Morgan fingerprint density at radius 2 is 1.05 bits per heavy atom. The Balaban J connectivity index is 1.55. The second-order valence-electron chi connectivity index (χ2n) is 8.77. The van der Waals surface area contributed by atoms with E-state index in [9.17, 15) is 0 Å². The van der Waals surface area contributed by atoms with Gasteiger partial charge in [0.1, 0.15) is 11.2 Å². The minimum absolute atomic E-state index is 0.563. The molecule has 0 aliphatic heterocycles. The molecule has 0 unspecified atom stereocenters. The second-order valence-corrected chi connectivity index (χ2v) is 8.77. The van der Waals surface area contributed by atoms with E-state index >= 15 is 0 Å². The number of para-hydroxylation sites is 1. The van der Waals surface area contributed by atoms with E-state index in [-0.39, 0.29) is 0 Å². The Bertz CT molecular complexity index is 1810. The Hall–Kier alpha value is -5.16. The molecule has 5 heteroatoms. The van der Waals surface area contributed by atoms with Gasteiger partial charge in [0.2, 0.25) is 0 Å². The van der Waals surface area contributed by atoms with E-state index in [0.29, 0.717) is 17.5 Å². The molecule has 0 N–H and O–H groups in total. The van der Waals surface area contributed by atoms with Crippen LogP contribution in [0.1, 0.15) is 0 Å². The summed E-state index contributed by atoms with van der Waals surface area (Å²) in [7, 11) is 0. The SMILES string of the molecule is c1ccc(-c2nc(-c3ccccc3)nc(-c3cc(-c4ccncc4)cc4c3oc3ccccc34)n2)cc1. The summed E-state index contributed by atoms with van der Waals surface area (Å²) in [6.45, 7) is 0. The van der Waals surface area contributed by atoms with Gasteiger partial charge in [0.05, 0.1) is 5.56 Å². The first-order valence-electron chi connectivity index (χ1n) is 12.1. The molecular weight excluding hydrogens is 456 g/mol. The van der Waals surface area contributed by atoms with Gasteiger partial charge in [-0.3, -0.25) is 4.98 Å². The molecule has 0 aliphatic carbocycles. The third-order valence-corrected chi connectivity index (χ3v) is 6.43. The molecule has 174 valence electrons. The van der Waals surface area contributed by atoms with Gasteiger partial charge in [0.25, 0.3) is 0 Å². The summed E-state index contributed by atoms with van der Waals surface area (Å²) >= 11 is 0. The van der Waals surface area contributed by atoms with E-state index < -0.39 is 0 Å². The normalized spacial score (nSPS) is 11.2. The summed E-state index contributed by atoms with van der Waals surface area (Å²) in [5.41, 5.74) is 6.35. The van der Waals surface area contributed by atoms with Crippen LogP contribution in [-0.4, -0.2) is 19.9 Å². The molecule has 0 amide bonds. The topological polar surface area (TPSA) is 64.7 Å². The number of hydrogen-bond donors (Lipinski definition) is 0. The number of nitrogens with zero attached hydrogens (tertiary/aromatic N) is 4. The number of pyridine rings is 1. The summed E-state index contributed by atoms with van der Waals surface area (Å²) in [4.78, 5) is 19.0. The molecule has 37 heavy (non-hydrogen) atoms. The summed E-state index contributed by atoms with van der Waals surface area (Å²) in [5, 5.41) is 2.07. The van der Waals surface area contributed by atoms with Crippen LogP contribution in [0.2, 0.25) is 0 Å². The van der Waals surface area contributed by atoms with Crippen LogP contribution in [0.5, 0.6) is 0 Å². The Morgan fingerprint density at radius 1 is 0.459 bits per heavy atom. The monoisotopic (exact) mass is 476 g/mol. The largest absolute Gasteiger partial charge is 0.455 e. The number of furan rings is 1. The van der Waals surface area contributed by atoms with E-state index in [1.165, 1.54) is 0 Å². The lowest BCUT2D eigenvalue weighted by molar-refractivity contribution is 0.669. The summed E-state index contributed by atoms with van der Waals surface area (Å²) < 4.78 is 6.41. The molecule has 0 aliphatic rings. The average molecular weight is 477 g/mol. The van der Waals surface area contributed by atoms with Crippen LogP contribution in [0, 0.1) is 0 Å². The number of rotatable bonds is 4. The molecule has 0 fully saturated rings. The van der Waals surface area contributed by atoms with Gasteiger partial charge >= 0.3 is 0 Å². The maximum Gasteiger partial charge on any atom is 0.167 e. The zero-order valence-corrected chi connectivity index (χ0v) is 19.7. The molecule has 7 aromatic rings. The first kappa shape index (κ1) is 21.1. The lowest BCUT2D eigenvalue weighted by atomic mass is 9.99. The number of benzene rings is 4. The Kier molecular flexibility index (Phi) is 5.03. The molecular formula is C32H20N4O. The fraction of sp³-hybridized carbons (Fsp3) is 0. The Morgan fingerprint density at radius 3 is 1.73 bits per heavy atom. The first-order valence-corrected chi connectivity index (χ1v) is 12.1. The summed E-state index contributed by atoms with van der Waals surface area (Å²) in [5.74, 6) is 1.79. The van der Waals surface area contributed by atoms with Gasteiger partial charge in [-0.05, 0) is 41.5 Å². The van der Waals surface area contributed by atoms with E-state index in [1.54, 1.807) is 12.4 Å². The average Bonchev–Trinajstić information content (AvgIpc) is 3.36. The zero-order valence-electron chi connectivity index (χ0n) is 19.7. The van der Waals surface area contributed by atoms with Crippen LogP contribution >= 0.6 is 0 Å². The molecule has 0 saturated carbocycles. The fourth-order valence-corrected chi connectivity index (χ4v) is 4.63. The van der Waals surface area contributed by atoms with Crippen molar-refractivity contribution >= 4 is 21.9 Å². The highest BCUT2D eigenvalue weighted by molar-refractivity contribution is 6.10. The minimum Gasteiger partial charge on any atom is -0.455 e. The van der Waals surface area contributed by atoms with Gasteiger partial charge in [-0.15, -0.1) is 0 Å². The molecule has 0 radical (unpaired) electrons. The summed E-state index contributed by atoms with van der Waals surface area (Å²) in [6.07, 6.45) is 3.60. The smallest absolute Gasteiger partial charge is 0.167 e. The lowest BCUT2D eigenvalue weighted by Gasteiger charge is -2.10. The first-order chi connectivity index (χ1) is 18.3. The van der Waals surface area contributed by atoms with Gasteiger partial charge < -0.3 is 4.42 Å². The maximum absolute atomic E-state index is 6.41. The van der Waals surface area contributed by atoms with Crippen molar-refractivity contribution in [2.45, 2.75) is 0 Å². The predicted octanol–water partition coefficient (Wildman–Crippen LogP) is 7.83. The number of fused-ring (bicyclic) bond motifs is 3. The highest BCUT2D eigenvalue weighted by atomic mass is 16.3. The van der Waals surface area contributed by atoms with Crippen molar-refractivity contribution in [1.29, 1.82) is 0 Å². The van der Waals surface area contributed by atoms with Crippen LogP contribution in [0.3, 0.4) is 0 Å². The maximum atomic E-state index is 6.41. The van der Waals surface area contributed by atoms with Crippen molar-refractivity contribution in [2.75, 3.05) is 0 Å². The van der Waals surface area contributed by atoms with Crippen molar-refractivity contribution < 1.29 is 4.42 Å². The lowest BCUT2D eigenvalue weighted by Crippen LogP contribution is -2.00. The molecule has 0 spiro atoms. The zero-order chi connectivity index (χ0) is 24.6. The van der Waals surface area contributed by atoms with Crippen LogP contribution in [0.4, 0.5) is 0 Å². The molecule has 0 saturated heterocycles. The molecule has 0 atom stereocenters. The van der Waals surface area contributed by atoms with Gasteiger partial charge in [0, 0.05) is 34.3 Å². The predicted molar refractivity (Wildman–Crippen MR) is 147 cm³/mol. The van der Waals surface area contributed by atoms with Gasteiger partial charge in [-0.2, -0.15) is 0 Å². The van der Waals surface area contributed by atoms with Crippen molar-refractivity contribution in [3.63, 3.8) is 0 Å². The molecule has 4 aromatic carbocycles. The summed E-state index contributed by atoms with van der Waals surface area (Å²) in [6, 6.07) is 36.3. The van der Waals surface area contributed by atoms with Crippen LogP contribution in [0.25, 0.3) is 67.2 Å². The van der Waals surface area contributed by atoms with Gasteiger partial charge in [0.15, 0.2) is 17.5 Å². The minimum atomic E-state index is 0.563. The molecule has 3 heterocycles. The van der Waals surface area contributed by atoms with Crippen molar-refractivity contribution in [3.8, 4) is 45.3 Å². The fourth-order valence-electron chi connectivity index (χ4n) is 4.63. The standard InChI is InChI=1S/C32H20N4O/c1-3-9-22(10-4-1)30-34-31(23-11-5-2-6-12-23)36-32(35-30)27-20-24(21-15-17-33-18-16-21)19-26-25-13-7-8-14-28(25)37-29(26)27/h1-20H. The van der Waals surface area contributed by atoms with E-state index in [4.69, 9.17) is 19.4 Å². The van der Waals surface area contributed by atoms with Crippen LogP contribution < -0.4 is 0 Å². The van der Waals surface area contributed by atoms with Gasteiger partial charge in [-0.25, -0.2) is 15.0 Å². The van der Waals surface area contributed by atoms with Crippen LogP contribution in [0.15, 0.2) is 126 Å². The molecule has 5 nitrogen and oxygen atoms in total. The third-order valence-electron chi connectivity index (χ3n) is 6.43. The second kappa shape index (κ2) is 8.81. The molecule has 3 aromatic heterocycles. The highest BCUT2D eigenvalue weighted by Crippen LogP contribution is 2.39. The van der Waals surface area contributed by atoms with Crippen LogP contribution in [-0.2, 0) is 0 Å². The third kappa shape index (κ3) is 3.83. The number of hydrogen-bond acceptors (Lipinski definition) is 5. The van der Waals surface area contributed by atoms with Crippen molar-refractivity contribution in [1.82, 2.24) is 19.9 Å². The van der Waals surface area contributed by atoms with Gasteiger partial charge in [-0.1, -0.05) is 78.9 Å². The molecule has 7 rings (SSSR count). The van der Waals surface area contributed by atoms with E-state index in [0.717, 1.165) is 49.8 Å². The Labute approximate surface area is 213 Å². The quantitative estimate of drug-likeness (QED) is 0.259. The molecule has 0 bridgehead atoms. The van der Waals surface area contributed by atoms with E-state index in [1.807, 2.05) is 91.0 Å². The van der Waals surface area contributed by atoms with Crippen molar-refractivity contribution in [2.24, 2.45) is 0 Å². The number of aromatic nitrogens is 4. The van der Waals surface area contributed by atoms with E-state index in [2.05, 4.69) is 23.2 Å². The highest BCUT2D eigenvalue weighted by Gasteiger charge is 2.19.